The summed E-state index contributed by atoms with van der Waals surface area (Å²) in [6.07, 6.45) is 10.3. The minimum Gasteiger partial charge on any atom is -0.511 e. The van der Waals surface area contributed by atoms with Crippen LogP contribution in [0.1, 0.15) is 108 Å². The number of allylic oxidation sites excluding steroid dienone is 9. The topological polar surface area (TPSA) is 91.7 Å². The quantitative estimate of drug-likeness (QED) is 0.189. The van der Waals surface area contributed by atoms with Crippen LogP contribution in [0.3, 0.4) is 0 Å². The van der Waals surface area contributed by atoms with Crippen molar-refractivity contribution >= 4 is 17.3 Å². The van der Waals surface area contributed by atoms with Gasteiger partial charge in [0.2, 0.25) is 0 Å². The fourth-order valence-electron chi connectivity index (χ4n) is 6.74. The summed E-state index contributed by atoms with van der Waals surface area (Å²) in [5, 5.41) is 21.6. The van der Waals surface area contributed by atoms with Crippen LogP contribution >= 0.6 is 0 Å². The van der Waals surface area contributed by atoms with Gasteiger partial charge < -0.3 is 10.2 Å². The van der Waals surface area contributed by atoms with Gasteiger partial charge >= 0.3 is 0 Å². The van der Waals surface area contributed by atoms with Gasteiger partial charge in [-0.15, -0.1) is 0 Å². The number of fused-ring (bicyclic) bond motifs is 2. The van der Waals surface area contributed by atoms with E-state index in [1.807, 2.05) is 73.6 Å². The van der Waals surface area contributed by atoms with E-state index in [4.69, 9.17) is 0 Å². The van der Waals surface area contributed by atoms with Gasteiger partial charge in [0.1, 0.15) is 5.76 Å². The summed E-state index contributed by atoms with van der Waals surface area (Å²) in [4.78, 5) is 44.3. The van der Waals surface area contributed by atoms with E-state index in [1.165, 1.54) is 0 Å². The molecule has 0 saturated heterocycles. The Labute approximate surface area is 242 Å². The summed E-state index contributed by atoms with van der Waals surface area (Å²) in [7, 11) is 0. The molecule has 1 fully saturated rings. The van der Waals surface area contributed by atoms with Crippen molar-refractivity contribution in [1.29, 1.82) is 0 Å². The second-order valence-electron chi connectivity index (χ2n) is 13.4. The van der Waals surface area contributed by atoms with E-state index >= 15 is 4.79 Å². The van der Waals surface area contributed by atoms with Crippen molar-refractivity contribution in [3.63, 3.8) is 0 Å². The third-order valence-electron chi connectivity index (χ3n) is 9.17. The molecule has 222 valence electrons. The molecule has 40 heavy (non-hydrogen) atoms. The SMILES string of the molecule is CC(C)=CCCC1(C)C(CC=C(C)CO)CC2(CC=C(C)C)C(=O)C1(C(=O)C(C)C)C(=O)C(CC=C(C)C)=C2O. The summed E-state index contributed by atoms with van der Waals surface area (Å²) in [5.41, 5.74) is -0.106. The average Bonchev–Trinajstić information content (AvgIpc) is 2.86. The first-order chi connectivity index (χ1) is 18.5. The lowest BCUT2D eigenvalue weighted by Crippen LogP contribution is -2.71. The predicted molar refractivity (Wildman–Crippen MR) is 163 cm³/mol. The van der Waals surface area contributed by atoms with E-state index in [0.29, 0.717) is 25.7 Å². The van der Waals surface area contributed by atoms with E-state index < -0.39 is 33.7 Å². The van der Waals surface area contributed by atoms with Crippen molar-refractivity contribution in [1.82, 2.24) is 0 Å². The molecule has 0 spiro atoms. The number of hydrogen-bond donors (Lipinski definition) is 2. The molecular weight excluding hydrogens is 500 g/mol. The summed E-state index contributed by atoms with van der Waals surface area (Å²) in [6, 6.07) is 0. The maximum atomic E-state index is 15.0. The zero-order chi connectivity index (χ0) is 30.6. The highest BCUT2D eigenvalue weighted by Crippen LogP contribution is 2.67. The second-order valence-corrected chi connectivity index (χ2v) is 13.4. The van der Waals surface area contributed by atoms with Gasteiger partial charge in [-0.3, -0.25) is 14.4 Å². The first kappa shape index (κ1) is 33.7. The van der Waals surface area contributed by atoms with Crippen LogP contribution in [0.25, 0.3) is 0 Å². The maximum Gasteiger partial charge on any atom is 0.184 e. The standard InChI is InChI=1S/C35H52O5/c1-22(2)12-11-18-33(10)27(15-14-26(9)21-36)20-34(19-17-24(5)6)30(38)28(16-13-23(3)4)31(39)35(33,32(34)40)29(37)25(7)8/h12-14,17,25,27,36,38H,11,15-16,18-21H2,1-10H3. The Morgan fingerprint density at radius 2 is 1.52 bits per heavy atom. The number of aliphatic hydroxyl groups excluding tert-OH is 2. The second kappa shape index (κ2) is 13.0. The monoisotopic (exact) mass is 552 g/mol. The summed E-state index contributed by atoms with van der Waals surface area (Å²) >= 11 is 0. The number of carbonyl (C=O) groups is 3. The van der Waals surface area contributed by atoms with E-state index in [9.17, 15) is 19.8 Å². The normalized spacial score (nSPS) is 28.5. The Hall–Kier alpha value is -2.53. The van der Waals surface area contributed by atoms with Crippen LogP contribution in [-0.2, 0) is 14.4 Å². The summed E-state index contributed by atoms with van der Waals surface area (Å²) < 4.78 is 0. The molecule has 4 unspecified atom stereocenters. The number of rotatable bonds is 12. The predicted octanol–water partition coefficient (Wildman–Crippen LogP) is 7.96. The summed E-state index contributed by atoms with van der Waals surface area (Å²) in [6.45, 7) is 19.0. The number of carbonyl (C=O) groups excluding carboxylic acids is 3. The molecule has 0 heterocycles. The fraction of sp³-hybridized carbons (Fsp3) is 0.629. The molecule has 5 nitrogen and oxygen atoms in total. The first-order valence-corrected chi connectivity index (χ1v) is 14.8. The van der Waals surface area contributed by atoms with Crippen LogP contribution in [-0.4, -0.2) is 34.2 Å². The molecule has 4 atom stereocenters. The van der Waals surface area contributed by atoms with Crippen molar-refractivity contribution in [2.24, 2.45) is 28.1 Å². The fourth-order valence-corrected chi connectivity index (χ4v) is 6.74. The van der Waals surface area contributed by atoms with Crippen LogP contribution in [0.15, 0.2) is 57.9 Å². The Morgan fingerprint density at radius 3 is 2.02 bits per heavy atom. The van der Waals surface area contributed by atoms with Crippen LogP contribution in [0.4, 0.5) is 0 Å². The third-order valence-corrected chi connectivity index (χ3v) is 9.17. The van der Waals surface area contributed by atoms with Crippen molar-refractivity contribution in [2.45, 2.75) is 108 Å². The van der Waals surface area contributed by atoms with Crippen molar-refractivity contribution in [3.05, 3.63) is 57.9 Å². The van der Waals surface area contributed by atoms with Crippen LogP contribution in [0.5, 0.6) is 0 Å². The molecule has 0 aromatic rings. The molecule has 0 aromatic heterocycles. The van der Waals surface area contributed by atoms with E-state index in [2.05, 4.69) is 6.08 Å². The minimum atomic E-state index is -1.90. The average molecular weight is 553 g/mol. The van der Waals surface area contributed by atoms with E-state index in [0.717, 1.165) is 22.3 Å². The van der Waals surface area contributed by atoms with Gasteiger partial charge in [0.25, 0.3) is 0 Å². The van der Waals surface area contributed by atoms with E-state index in [-0.39, 0.29) is 42.5 Å². The molecule has 2 rings (SSSR count). The molecule has 2 aliphatic carbocycles. The zero-order valence-electron chi connectivity index (χ0n) is 26.5. The molecule has 0 aromatic carbocycles. The highest BCUT2D eigenvalue weighted by atomic mass is 16.3. The number of ketones is 3. The van der Waals surface area contributed by atoms with Crippen LogP contribution in [0.2, 0.25) is 0 Å². The molecule has 1 saturated carbocycles. The van der Waals surface area contributed by atoms with Crippen LogP contribution in [0, 0.1) is 28.1 Å². The zero-order valence-corrected chi connectivity index (χ0v) is 26.5. The maximum absolute atomic E-state index is 15.0. The lowest BCUT2D eigenvalue weighted by molar-refractivity contribution is -0.180. The smallest absolute Gasteiger partial charge is 0.184 e. The van der Waals surface area contributed by atoms with Crippen molar-refractivity contribution < 1.29 is 24.6 Å². The largest absolute Gasteiger partial charge is 0.511 e. The molecule has 0 amide bonds. The first-order valence-electron chi connectivity index (χ1n) is 14.8. The lowest BCUT2D eigenvalue weighted by Gasteiger charge is -2.61. The molecule has 0 aliphatic heterocycles. The molecule has 2 N–H and O–H groups in total. The highest BCUT2D eigenvalue weighted by Gasteiger charge is 2.75. The third kappa shape index (κ3) is 5.91. The summed E-state index contributed by atoms with van der Waals surface area (Å²) in [5.74, 6) is -2.26. The van der Waals surface area contributed by atoms with Gasteiger partial charge in [-0.2, -0.15) is 0 Å². The van der Waals surface area contributed by atoms with Crippen LogP contribution < -0.4 is 0 Å². The highest BCUT2D eigenvalue weighted by molar-refractivity contribution is 6.33. The lowest BCUT2D eigenvalue weighted by atomic mass is 9.38. The van der Waals surface area contributed by atoms with Gasteiger partial charge in [-0.25, -0.2) is 0 Å². The van der Waals surface area contributed by atoms with Gasteiger partial charge in [-0.05, 0) is 98.3 Å². The van der Waals surface area contributed by atoms with Gasteiger partial charge in [0.15, 0.2) is 22.8 Å². The number of Topliss-reactive ketones (excluding diaryl/α,β-unsaturated/α-hetero) is 3. The Balaban J connectivity index is 3.09. The van der Waals surface area contributed by atoms with Gasteiger partial charge in [-0.1, -0.05) is 67.4 Å². The Kier molecular flexibility index (Phi) is 10.9. The minimum absolute atomic E-state index is 0.0873. The Morgan fingerprint density at radius 1 is 0.950 bits per heavy atom. The Bertz CT molecular complexity index is 1160. The van der Waals surface area contributed by atoms with Gasteiger partial charge in [0, 0.05) is 11.5 Å². The molecule has 2 aliphatic rings. The van der Waals surface area contributed by atoms with Gasteiger partial charge in [0.05, 0.1) is 12.0 Å². The van der Waals surface area contributed by atoms with Crippen molar-refractivity contribution in [2.75, 3.05) is 6.61 Å². The van der Waals surface area contributed by atoms with Crippen molar-refractivity contribution in [3.8, 4) is 0 Å². The molecule has 5 heteroatoms. The molecule has 0 radical (unpaired) electrons. The number of hydrogen-bond acceptors (Lipinski definition) is 5. The number of aliphatic hydroxyl groups is 2. The molecule has 2 bridgehead atoms. The van der Waals surface area contributed by atoms with E-state index in [1.54, 1.807) is 13.8 Å². The molecular formula is C35H52O5.